The zero-order valence-corrected chi connectivity index (χ0v) is 14.0. The Labute approximate surface area is 140 Å². The molecule has 7 nitrogen and oxygen atoms in total. The number of nitrogens with zero attached hydrogens (tertiary/aromatic N) is 4. The standard InChI is InChI=1S/C17H22N4O3/c1-12(2)21-14-6-4-3-5-13(14)16(17(21)23)19-18-15(22)11-20-7-9-24-10-8-20/h3-6,12,23H,7-11H2,1-2H3. The third kappa shape index (κ3) is 3.32. The molecule has 0 saturated carbocycles. The molecule has 7 heteroatoms. The molecule has 1 aliphatic heterocycles. The molecule has 128 valence electrons. The molecule has 1 saturated heterocycles. The fourth-order valence-electron chi connectivity index (χ4n) is 2.94. The molecule has 1 aromatic heterocycles. The molecule has 2 aromatic rings. The summed E-state index contributed by atoms with van der Waals surface area (Å²) in [4.78, 5) is 14.0. The van der Waals surface area contributed by atoms with Crippen molar-refractivity contribution in [2.45, 2.75) is 19.9 Å². The molecule has 1 aliphatic rings. The average Bonchev–Trinajstić information content (AvgIpc) is 2.85. The summed E-state index contributed by atoms with van der Waals surface area (Å²) in [5.41, 5.74) is 1.22. The van der Waals surface area contributed by atoms with Crippen molar-refractivity contribution in [1.82, 2.24) is 9.47 Å². The summed E-state index contributed by atoms with van der Waals surface area (Å²) in [6, 6.07) is 7.65. The van der Waals surface area contributed by atoms with E-state index in [1.807, 2.05) is 43.0 Å². The van der Waals surface area contributed by atoms with Crippen LogP contribution in [0.3, 0.4) is 0 Å². The fraction of sp³-hybridized carbons (Fsp3) is 0.471. The average molecular weight is 330 g/mol. The van der Waals surface area contributed by atoms with E-state index in [0.717, 1.165) is 24.0 Å². The van der Waals surface area contributed by atoms with Crippen LogP contribution in [0.25, 0.3) is 10.9 Å². The van der Waals surface area contributed by atoms with Gasteiger partial charge in [-0.15, -0.1) is 10.2 Å². The maximum atomic E-state index is 12.0. The summed E-state index contributed by atoms with van der Waals surface area (Å²) < 4.78 is 7.04. The minimum atomic E-state index is -0.322. The molecule has 1 N–H and O–H groups in total. The third-order valence-corrected chi connectivity index (χ3v) is 4.10. The van der Waals surface area contributed by atoms with Crippen molar-refractivity contribution in [3.8, 4) is 5.88 Å². The van der Waals surface area contributed by atoms with Crippen LogP contribution >= 0.6 is 0 Å². The predicted molar refractivity (Wildman–Crippen MR) is 90.8 cm³/mol. The smallest absolute Gasteiger partial charge is 0.278 e. The van der Waals surface area contributed by atoms with Gasteiger partial charge in [0.1, 0.15) is 0 Å². The zero-order valence-electron chi connectivity index (χ0n) is 14.0. The lowest BCUT2D eigenvalue weighted by Gasteiger charge is -2.24. The molecule has 0 bridgehead atoms. The number of carbonyl (C=O) groups is 1. The summed E-state index contributed by atoms with van der Waals surface area (Å²) in [5, 5.41) is 19.1. The maximum absolute atomic E-state index is 12.0. The van der Waals surface area contributed by atoms with Crippen LogP contribution in [0.4, 0.5) is 5.69 Å². The van der Waals surface area contributed by atoms with Gasteiger partial charge in [0.2, 0.25) is 5.88 Å². The second-order valence-corrected chi connectivity index (χ2v) is 6.14. The molecule has 1 fully saturated rings. The highest BCUT2D eigenvalue weighted by Gasteiger charge is 2.19. The number of benzene rings is 1. The van der Waals surface area contributed by atoms with E-state index in [9.17, 15) is 9.90 Å². The number of aromatic nitrogens is 1. The van der Waals surface area contributed by atoms with Gasteiger partial charge in [0, 0.05) is 24.5 Å². The summed E-state index contributed by atoms with van der Waals surface area (Å²) in [5.74, 6) is -0.285. The third-order valence-electron chi connectivity index (χ3n) is 4.10. The second kappa shape index (κ2) is 7.11. The molecule has 1 amide bonds. The van der Waals surface area contributed by atoms with Crippen molar-refractivity contribution < 1.29 is 14.6 Å². The Morgan fingerprint density at radius 3 is 2.71 bits per heavy atom. The SMILES string of the molecule is CC(C)n1c(O)c(N=NC(=O)CN2CCOCC2)c2ccccc21. The Balaban J connectivity index is 1.84. The van der Waals surface area contributed by atoms with Crippen LogP contribution in [0.5, 0.6) is 5.88 Å². The summed E-state index contributed by atoms with van der Waals surface area (Å²) >= 11 is 0. The van der Waals surface area contributed by atoms with Crippen molar-refractivity contribution in [3.05, 3.63) is 24.3 Å². The Morgan fingerprint density at radius 1 is 1.29 bits per heavy atom. The van der Waals surface area contributed by atoms with E-state index in [0.29, 0.717) is 18.9 Å². The molecule has 0 atom stereocenters. The van der Waals surface area contributed by atoms with E-state index in [4.69, 9.17) is 4.74 Å². The van der Waals surface area contributed by atoms with Crippen LogP contribution in [0.2, 0.25) is 0 Å². The van der Waals surface area contributed by atoms with Gasteiger partial charge in [-0.1, -0.05) is 18.2 Å². The Kier molecular flexibility index (Phi) is 4.92. The number of amides is 1. The molecule has 3 rings (SSSR count). The lowest BCUT2D eigenvalue weighted by molar-refractivity contribution is -0.120. The normalized spacial score (nSPS) is 16.5. The van der Waals surface area contributed by atoms with E-state index in [2.05, 4.69) is 10.2 Å². The number of hydrogen-bond donors (Lipinski definition) is 1. The van der Waals surface area contributed by atoms with Crippen molar-refractivity contribution in [1.29, 1.82) is 0 Å². The van der Waals surface area contributed by atoms with Gasteiger partial charge in [-0.2, -0.15) is 0 Å². The van der Waals surface area contributed by atoms with Gasteiger partial charge in [-0.3, -0.25) is 9.69 Å². The minimum absolute atomic E-state index is 0.0362. The van der Waals surface area contributed by atoms with Crippen molar-refractivity contribution >= 4 is 22.5 Å². The van der Waals surface area contributed by atoms with Gasteiger partial charge in [0.25, 0.3) is 5.91 Å². The molecule has 24 heavy (non-hydrogen) atoms. The molecule has 0 unspecified atom stereocenters. The molecular formula is C17H22N4O3. The Bertz CT molecular complexity index is 761. The number of para-hydroxylation sites is 1. The summed E-state index contributed by atoms with van der Waals surface area (Å²) in [7, 11) is 0. The number of azo groups is 1. The van der Waals surface area contributed by atoms with E-state index < -0.39 is 0 Å². The van der Waals surface area contributed by atoms with E-state index >= 15 is 0 Å². The Morgan fingerprint density at radius 2 is 2.00 bits per heavy atom. The van der Waals surface area contributed by atoms with Crippen LogP contribution in [-0.2, 0) is 9.53 Å². The van der Waals surface area contributed by atoms with E-state index in [1.165, 1.54) is 0 Å². The number of rotatable bonds is 4. The van der Waals surface area contributed by atoms with Crippen LogP contribution in [0, 0.1) is 0 Å². The van der Waals surface area contributed by atoms with Crippen molar-refractivity contribution in [2.24, 2.45) is 10.2 Å². The molecule has 2 heterocycles. The van der Waals surface area contributed by atoms with Gasteiger partial charge in [-0.25, -0.2) is 0 Å². The molecule has 0 aliphatic carbocycles. The number of hydrogen-bond acceptors (Lipinski definition) is 5. The highest BCUT2D eigenvalue weighted by molar-refractivity contribution is 5.95. The van der Waals surface area contributed by atoms with Gasteiger partial charge in [0.05, 0.1) is 25.3 Å². The number of morpholine rings is 1. The van der Waals surface area contributed by atoms with E-state index in [1.54, 1.807) is 4.57 Å². The molecule has 0 radical (unpaired) electrons. The van der Waals surface area contributed by atoms with Crippen LogP contribution < -0.4 is 0 Å². The molecule has 0 spiro atoms. The fourth-order valence-corrected chi connectivity index (χ4v) is 2.94. The van der Waals surface area contributed by atoms with Gasteiger partial charge in [-0.05, 0) is 19.9 Å². The van der Waals surface area contributed by atoms with Crippen LogP contribution in [0.1, 0.15) is 19.9 Å². The lowest BCUT2D eigenvalue weighted by Crippen LogP contribution is -2.39. The Hall–Kier alpha value is -2.25. The number of carbonyl (C=O) groups excluding carboxylic acids is 1. The lowest BCUT2D eigenvalue weighted by atomic mass is 10.2. The quantitative estimate of drug-likeness (QED) is 0.874. The van der Waals surface area contributed by atoms with Crippen LogP contribution in [0.15, 0.2) is 34.5 Å². The van der Waals surface area contributed by atoms with Gasteiger partial charge in [0.15, 0.2) is 5.69 Å². The first-order chi connectivity index (χ1) is 11.6. The summed E-state index contributed by atoms with van der Waals surface area (Å²) in [6.07, 6.45) is 0. The first-order valence-corrected chi connectivity index (χ1v) is 8.14. The highest BCUT2D eigenvalue weighted by atomic mass is 16.5. The van der Waals surface area contributed by atoms with E-state index in [-0.39, 0.29) is 24.4 Å². The molecule has 1 aromatic carbocycles. The minimum Gasteiger partial charge on any atom is -0.493 e. The van der Waals surface area contributed by atoms with Crippen molar-refractivity contribution in [2.75, 3.05) is 32.8 Å². The monoisotopic (exact) mass is 330 g/mol. The van der Waals surface area contributed by atoms with Gasteiger partial charge < -0.3 is 14.4 Å². The highest BCUT2D eigenvalue weighted by Crippen LogP contribution is 2.40. The topological polar surface area (TPSA) is 79.4 Å². The molecular weight excluding hydrogens is 308 g/mol. The predicted octanol–water partition coefficient (Wildman–Crippen LogP) is 2.87. The van der Waals surface area contributed by atoms with Crippen molar-refractivity contribution in [3.63, 3.8) is 0 Å². The summed E-state index contributed by atoms with van der Waals surface area (Å²) in [6.45, 7) is 6.89. The first kappa shape index (κ1) is 16.6. The van der Waals surface area contributed by atoms with Crippen LogP contribution in [-0.4, -0.2) is 53.3 Å². The second-order valence-electron chi connectivity index (χ2n) is 6.14. The maximum Gasteiger partial charge on any atom is 0.278 e. The first-order valence-electron chi connectivity index (χ1n) is 8.14. The zero-order chi connectivity index (χ0) is 17.1. The number of aromatic hydroxyl groups is 1. The largest absolute Gasteiger partial charge is 0.493 e. The number of fused-ring (bicyclic) bond motifs is 1. The van der Waals surface area contributed by atoms with Gasteiger partial charge >= 0.3 is 0 Å². The number of ether oxygens (including phenoxy) is 1.